The lowest BCUT2D eigenvalue weighted by Crippen LogP contribution is -2.44. The second kappa shape index (κ2) is 6.71. The van der Waals surface area contributed by atoms with Crippen molar-refractivity contribution in [3.63, 3.8) is 0 Å². The average Bonchev–Trinajstić information content (AvgIpc) is 2.75. The molecule has 2 heterocycles. The van der Waals surface area contributed by atoms with E-state index < -0.39 is 36.3 Å². The summed E-state index contributed by atoms with van der Waals surface area (Å²) in [6, 6.07) is -0.824. The smallest absolute Gasteiger partial charge is 0.404 e. The minimum absolute atomic E-state index is 0.181. The van der Waals surface area contributed by atoms with Gasteiger partial charge in [0.15, 0.2) is 0 Å². The third-order valence-corrected chi connectivity index (χ3v) is 3.58. The first kappa shape index (κ1) is 12.4. The van der Waals surface area contributed by atoms with Crippen LogP contribution in [0.5, 0.6) is 0 Å². The Morgan fingerprint density at radius 3 is 3.14 bits per heavy atom. The van der Waals surface area contributed by atoms with Gasteiger partial charge in [-0.15, -0.1) is 0 Å². The van der Waals surface area contributed by atoms with Gasteiger partial charge < -0.3 is 19.9 Å². The van der Waals surface area contributed by atoms with Gasteiger partial charge in [-0.25, -0.2) is 4.79 Å². The maximum Gasteiger partial charge on any atom is 0.404 e. The van der Waals surface area contributed by atoms with Crippen LogP contribution < -0.4 is 5.32 Å². The Balaban J connectivity index is 2.23. The summed E-state index contributed by atoms with van der Waals surface area (Å²) in [5.74, 6) is 0. The number of carbonyl (C=O) groups is 1. The fourth-order valence-electron chi connectivity index (χ4n) is 2.53. The molecule has 0 radical (unpaired) electrons. The maximum absolute atomic E-state index is 11.1. The molecule has 1 fully saturated rings. The minimum Gasteiger partial charge on any atom is -0.465 e. The summed E-state index contributed by atoms with van der Waals surface area (Å²) in [5, 5.41) is 26.1. The highest BCUT2D eigenvalue weighted by molar-refractivity contribution is 5.64. The van der Waals surface area contributed by atoms with Crippen molar-refractivity contribution in [2.24, 2.45) is 7.05 Å². The molecule has 1 saturated heterocycles. The standard InChI is InChI=1S/C12H18N4O6/c1-15-11(8(5-13-15)16(19)20)9-4-3-7(14-12(17)18)10(21-2)6-22-9/h5,7,9-10,14H,3-4,6H2,1-2H3,(H,17,18)/t7?,9?,10-/m0/s1/i2D3. The van der Waals surface area contributed by atoms with Crippen molar-refractivity contribution in [3.8, 4) is 0 Å². The molecule has 1 aliphatic heterocycles. The van der Waals surface area contributed by atoms with Gasteiger partial charge in [-0.1, -0.05) is 0 Å². The number of ether oxygens (including phenoxy) is 2. The van der Waals surface area contributed by atoms with Crippen molar-refractivity contribution in [2.45, 2.75) is 31.1 Å². The van der Waals surface area contributed by atoms with Crippen LogP contribution in [0.15, 0.2) is 6.20 Å². The van der Waals surface area contributed by atoms with Crippen LogP contribution >= 0.6 is 0 Å². The molecule has 10 heteroatoms. The molecule has 0 aliphatic carbocycles. The molecule has 0 saturated carbocycles. The second-order valence-electron chi connectivity index (χ2n) is 4.91. The number of aryl methyl sites for hydroxylation is 1. The molecular formula is C12H18N4O6. The Morgan fingerprint density at radius 1 is 1.73 bits per heavy atom. The molecule has 2 N–H and O–H groups in total. The zero-order chi connectivity index (χ0) is 18.8. The van der Waals surface area contributed by atoms with Gasteiger partial charge in [0.05, 0.1) is 21.7 Å². The predicted octanol–water partition coefficient (Wildman–Crippen LogP) is 0.831. The topological polar surface area (TPSA) is 129 Å². The van der Waals surface area contributed by atoms with Gasteiger partial charge in [-0.2, -0.15) is 5.10 Å². The van der Waals surface area contributed by atoms with Crippen molar-refractivity contribution in [1.29, 1.82) is 0 Å². The fourth-order valence-corrected chi connectivity index (χ4v) is 2.53. The molecule has 3 atom stereocenters. The number of rotatable bonds is 4. The highest BCUT2D eigenvalue weighted by Crippen LogP contribution is 2.33. The van der Waals surface area contributed by atoms with Gasteiger partial charge in [0, 0.05) is 14.1 Å². The first-order valence-corrected chi connectivity index (χ1v) is 6.53. The van der Waals surface area contributed by atoms with Crippen LogP contribution in [-0.2, 0) is 16.5 Å². The number of aromatic nitrogens is 2. The quantitative estimate of drug-likeness (QED) is 0.621. The van der Waals surface area contributed by atoms with Crippen molar-refractivity contribution in [2.75, 3.05) is 13.6 Å². The van der Waals surface area contributed by atoms with E-state index in [0.29, 0.717) is 0 Å². The molecule has 2 rings (SSSR count). The number of hydrogen-bond acceptors (Lipinski definition) is 6. The Kier molecular flexibility index (Phi) is 3.77. The molecule has 10 nitrogen and oxygen atoms in total. The van der Waals surface area contributed by atoms with Crippen LogP contribution in [0.3, 0.4) is 0 Å². The summed E-state index contributed by atoms with van der Waals surface area (Å²) in [6.45, 7) is -0.240. The fraction of sp³-hybridized carbons (Fsp3) is 0.667. The summed E-state index contributed by atoms with van der Waals surface area (Å²) in [7, 11) is -1.20. The number of nitrogens with one attached hydrogen (secondary N) is 1. The molecule has 0 aromatic carbocycles. The summed E-state index contributed by atoms with van der Waals surface area (Å²) < 4.78 is 33.5. The van der Waals surface area contributed by atoms with Gasteiger partial charge in [0.25, 0.3) is 0 Å². The highest BCUT2D eigenvalue weighted by atomic mass is 16.6. The predicted molar refractivity (Wildman–Crippen MR) is 73.5 cm³/mol. The third-order valence-electron chi connectivity index (χ3n) is 3.58. The lowest BCUT2D eigenvalue weighted by molar-refractivity contribution is -0.386. The van der Waals surface area contributed by atoms with Crippen LogP contribution in [-0.4, -0.2) is 51.7 Å². The first-order chi connectivity index (χ1) is 11.6. The van der Waals surface area contributed by atoms with Gasteiger partial charge in [0.2, 0.25) is 0 Å². The number of nitro groups is 1. The number of hydrogen-bond donors (Lipinski definition) is 2. The zero-order valence-corrected chi connectivity index (χ0v) is 11.8. The molecule has 0 spiro atoms. The number of amides is 1. The SMILES string of the molecule is [2H]C([2H])([2H])O[C@H]1COC(c2c([N+](=O)[O-])cnn2C)CCC1NC(=O)O. The van der Waals surface area contributed by atoms with Crippen molar-refractivity contribution in [3.05, 3.63) is 22.0 Å². The van der Waals surface area contributed by atoms with Crippen molar-refractivity contribution < 1.29 is 28.4 Å². The monoisotopic (exact) mass is 317 g/mol. The number of methoxy groups -OCH3 is 1. The minimum atomic E-state index is -2.73. The van der Waals surface area contributed by atoms with Crippen LogP contribution in [0.2, 0.25) is 0 Å². The normalized spacial score (nSPS) is 28.0. The lowest BCUT2D eigenvalue weighted by atomic mass is 10.0. The van der Waals surface area contributed by atoms with E-state index in [4.69, 9.17) is 18.7 Å². The number of carboxylic acid groups (broad SMARTS) is 1. The first-order valence-electron chi connectivity index (χ1n) is 8.03. The molecular weight excluding hydrogens is 296 g/mol. The number of nitrogens with zero attached hydrogens (tertiary/aromatic N) is 3. The molecule has 1 aromatic rings. The molecule has 2 unspecified atom stereocenters. The van der Waals surface area contributed by atoms with E-state index in [1.165, 1.54) is 11.7 Å². The Morgan fingerprint density at radius 2 is 2.50 bits per heavy atom. The van der Waals surface area contributed by atoms with Gasteiger partial charge in [-0.05, 0) is 12.8 Å². The summed E-state index contributed by atoms with van der Waals surface area (Å²) in [4.78, 5) is 21.5. The maximum atomic E-state index is 11.1. The Bertz CT molecular complexity index is 649. The van der Waals surface area contributed by atoms with Crippen molar-refractivity contribution >= 4 is 11.8 Å². The van der Waals surface area contributed by atoms with E-state index in [-0.39, 0.29) is 30.8 Å². The van der Waals surface area contributed by atoms with Crippen LogP contribution in [0.25, 0.3) is 0 Å². The third kappa shape index (κ3) is 3.34. The molecule has 1 aromatic heterocycles. The summed E-state index contributed by atoms with van der Waals surface area (Å²) >= 11 is 0. The molecule has 1 aliphatic rings. The van der Waals surface area contributed by atoms with Crippen LogP contribution in [0, 0.1) is 10.1 Å². The summed E-state index contributed by atoms with van der Waals surface area (Å²) in [6.07, 6.45) is -1.61. The molecule has 22 heavy (non-hydrogen) atoms. The van der Waals surface area contributed by atoms with E-state index in [9.17, 15) is 14.9 Å². The van der Waals surface area contributed by atoms with Gasteiger partial charge >= 0.3 is 11.8 Å². The van der Waals surface area contributed by atoms with E-state index in [2.05, 4.69) is 10.4 Å². The lowest BCUT2D eigenvalue weighted by Gasteiger charge is -2.22. The second-order valence-corrected chi connectivity index (χ2v) is 4.91. The summed E-state index contributed by atoms with van der Waals surface area (Å²) in [5.41, 5.74) is 0.0130. The highest BCUT2D eigenvalue weighted by Gasteiger charge is 2.34. The molecule has 122 valence electrons. The molecule has 1 amide bonds. The van der Waals surface area contributed by atoms with Gasteiger partial charge in [0.1, 0.15) is 24.1 Å². The van der Waals surface area contributed by atoms with E-state index in [1.54, 1.807) is 0 Å². The van der Waals surface area contributed by atoms with Crippen LogP contribution in [0.4, 0.5) is 10.5 Å². The Hall–Kier alpha value is -2.20. The average molecular weight is 317 g/mol. The largest absolute Gasteiger partial charge is 0.465 e. The van der Waals surface area contributed by atoms with E-state index in [1.807, 2.05) is 0 Å². The van der Waals surface area contributed by atoms with E-state index >= 15 is 0 Å². The Labute approximate surface area is 130 Å². The molecule has 0 bridgehead atoms. The van der Waals surface area contributed by atoms with Crippen molar-refractivity contribution in [1.82, 2.24) is 15.1 Å². The zero-order valence-electron chi connectivity index (χ0n) is 14.8. The van der Waals surface area contributed by atoms with E-state index in [0.717, 1.165) is 6.20 Å². The van der Waals surface area contributed by atoms with Gasteiger partial charge in [-0.3, -0.25) is 14.8 Å². The van der Waals surface area contributed by atoms with Crippen LogP contribution in [0.1, 0.15) is 28.8 Å².